The molecule has 3 unspecified atom stereocenters. The quantitative estimate of drug-likeness (QED) is 0.601. The van der Waals surface area contributed by atoms with Crippen LogP contribution in [0, 0.1) is 5.92 Å². The first-order valence-corrected chi connectivity index (χ1v) is 5.37. The Balaban J connectivity index is 1.89. The van der Waals surface area contributed by atoms with Crippen molar-refractivity contribution in [2.24, 2.45) is 5.92 Å². The van der Waals surface area contributed by atoms with Crippen LogP contribution in [0.2, 0.25) is 0 Å². The van der Waals surface area contributed by atoms with Gasteiger partial charge in [-0.3, -0.25) is 9.59 Å². The third kappa shape index (κ3) is 1.97. The largest absolute Gasteiger partial charge is 0.480 e. The highest BCUT2D eigenvalue weighted by Crippen LogP contribution is 2.33. The molecule has 4 atom stereocenters. The Labute approximate surface area is 88.2 Å². The normalized spacial score (nSPS) is 35.1. The zero-order valence-corrected chi connectivity index (χ0v) is 8.69. The van der Waals surface area contributed by atoms with Crippen LogP contribution in [0.5, 0.6) is 0 Å². The lowest BCUT2D eigenvalue weighted by Crippen LogP contribution is -2.44. The fourth-order valence-corrected chi connectivity index (χ4v) is 2.50. The maximum Gasteiger partial charge on any atom is 0.325 e. The van der Waals surface area contributed by atoms with Crippen LogP contribution in [0.1, 0.15) is 26.2 Å². The Kier molecular flexibility index (Phi) is 2.65. The predicted molar refractivity (Wildman–Crippen MR) is 53.3 cm³/mol. The number of rotatable bonds is 3. The zero-order chi connectivity index (χ0) is 11.0. The molecular weight excluding hydrogens is 196 g/mol. The van der Waals surface area contributed by atoms with Crippen LogP contribution in [0.15, 0.2) is 0 Å². The Hall–Kier alpha value is -1.10. The van der Waals surface area contributed by atoms with Crippen molar-refractivity contribution in [2.45, 2.75) is 44.3 Å². The number of carboxylic acids is 1. The van der Waals surface area contributed by atoms with E-state index in [-0.39, 0.29) is 17.9 Å². The van der Waals surface area contributed by atoms with Crippen molar-refractivity contribution in [3.05, 3.63) is 0 Å². The molecule has 5 heteroatoms. The molecule has 0 saturated carbocycles. The Morgan fingerprint density at radius 1 is 1.47 bits per heavy atom. The topological polar surface area (TPSA) is 78.4 Å². The Bertz CT molecular complexity index is 292. The number of carboxylic acid groups (broad SMARTS) is 1. The Morgan fingerprint density at radius 3 is 2.67 bits per heavy atom. The smallest absolute Gasteiger partial charge is 0.325 e. The van der Waals surface area contributed by atoms with Gasteiger partial charge in [0.25, 0.3) is 0 Å². The number of aliphatic carboxylic acids is 1. The molecular formula is C10H16N2O3. The molecule has 2 saturated heterocycles. The summed E-state index contributed by atoms with van der Waals surface area (Å²) in [6.07, 6.45) is 3.02. The average Bonchev–Trinajstić information content (AvgIpc) is 2.78. The second kappa shape index (κ2) is 3.81. The SMILES string of the molecule is C[C@H](NC(=O)C1CC2CCC1N2)C(=O)O. The van der Waals surface area contributed by atoms with E-state index in [0.29, 0.717) is 6.04 Å². The molecule has 0 aliphatic carbocycles. The predicted octanol–water partition coefficient (Wildman–Crippen LogP) is -0.284. The van der Waals surface area contributed by atoms with E-state index in [9.17, 15) is 9.59 Å². The summed E-state index contributed by atoms with van der Waals surface area (Å²) in [6.45, 7) is 1.49. The number of carbonyl (C=O) groups is 2. The summed E-state index contributed by atoms with van der Waals surface area (Å²) in [5, 5.41) is 14.6. The summed E-state index contributed by atoms with van der Waals surface area (Å²) in [5.74, 6) is -1.14. The van der Waals surface area contributed by atoms with Gasteiger partial charge in [0.15, 0.2) is 0 Å². The molecule has 2 bridgehead atoms. The van der Waals surface area contributed by atoms with Gasteiger partial charge in [0.2, 0.25) is 5.91 Å². The zero-order valence-electron chi connectivity index (χ0n) is 8.69. The molecule has 2 heterocycles. The van der Waals surface area contributed by atoms with Gasteiger partial charge in [-0.25, -0.2) is 0 Å². The van der Waals surface area contributed by atoms with Crippen molar-refractivity contribution < 1.29 is 14.7 Å². The first-order valence-electron chi connectivity index (χ1n) is 5.37. The summed E-state index contributed by atoms with van der Waals surface area (Å²) in [4.78, 5) is 22.3. The lowest BCUT2D eigenvalue weighted by molar-refractivity contribution is -0.142. The highest BCUT2D eigenvalue weighted by Gasteiger charge is 2.43. The second-order valence-corrected chi connectivity index (χ2v) is 4.46. The third-order valence-corrected chi connectivity index (χ3v) is 3.37. The fraction of sp³-hybridized carbons (Fsp3) is 0.800. The molecule has 5 nitrogen and oxygen atoms in total. The average molecular weight is 212 g/mol. The summed E-state index contributed by atoms with van der Waals surface area (Å²) >= 11 is 0. The molecule has 1 amide bonds. The van der Waals surface area contributed by atoms with Crippen molar-refractivity contribution in [1.29, 1.82) is 0 Å². The Morgan fingerprint density at radius 2 is 2.20 bits per heavy atom. The van der Waals surface area contributed by atoms with Crippen molar-refractivity contribution in [1.82, 2.24) is 10.6 Å². The number of carbonyl (C=O) groups excluding carboxylic acids is 1. The van der Waals surface area contributed by atoms with Crippen molar-refractivity contribution >= 4 is 11.9 Å². The first-order chi connectivity index (χ1) is 7.08. The van der Waals surface area contributed by atoms with Gasteiger partial charge in [-0.1, -0.05) is 0 Å². The van der Waals surface area contributed by atoms with Crippen LogP contribution >= 0.6 is 0 Å². The lowest BCUT2D eigenvalue weighted by atomic mass is 9.88. The van der Waals surface area contributed by atoms with E-state index in [1.165, 1.54) is 6.92 Å². The molecule has 2 aliphatic rings. The lowest BCUT2D eigenvalue weighted by Gasteiger charge is -2.20. The van der Waals surface area contributed by atoms with Crippen molar-refractivity contribution in [3.63, 3.8) is 0 Å². The molecule has 15 heavy (non-hydrogen) atoms. The fourth-order valence-electron chi connectivity index (χ4n) is 2.50. The van der Waals surface area contributed by atoms with Gasteiger partial charge in [-0.05, 0) is 26.2 Å². The molecule has 2 aliphatic heterocycles. The summed E-state index contributed by atoms with van der Waals surface area (Å²) < 4.78 is 0. The van der Waals surface area contributed by atoms with Crippen LogP contribution in [0.3, 0.4) is 0 Å². The van der Waals surface area contributed by atoms with E-state index in [1.54, 1.807) is 0 Å². The number of hydrogen-bond donors (Lipinski definition) is 3. The third-order valence-electron chi connectivity index (χ3n) is 3.37. The van der Waals surface area contributed by atoms with Gasteiger partial charge < -0.3 is 15.7 Å². The molecule has 0 radical (unpaired) electrons. The molecule has 0 aromatic rings. The first kappa shape index (κ1) is 10.4. The number of nitrogens with one attached hydrogen (secondary N) is 2. The van der Waals surface area contributed by atoms with E-state index in [2.05, 4.69) is 10.6 Å². The second-order valence-electron chi connectivity index (χ2n) is 4.46. The molecule has 2 rings (SSSR count). The molecule has 2 fully saturated rings. The molecule has 0 aromatic carbocycles. The highest BCUT2D eigenvalue weighted by atomic mass is 16.4. The minimum atomic E-state index is -0.987. The van der Waals surface area contributed by atoms with Gasteiger partial charge >= 0.3 is 5.97 Å². The van der Waals surface area contributed by atoms with Gasteiger partial charge in [-0.2, -0.15) is 0 Å². The van der Waals surface area contributed by atoms with Crippen molar-refractivity contribution in [3.8, 4) is 0 Å². The van der Waals surface area contributed by atoms with E-state index >= 15 is 0 Å². The van der Waals surface area contributed by atoms with Gasteiger partial charge in [0, 0.05) is 12.1 Å². The maximum atomic E-state index is 11.7. The van der Waals surface area contributed by atoms with Gasteiger partial charge in [-0.15, -0.1) is 0 Å². The van der Waals surface area contributed by atoms with E-state index in [1.807, 2.05) is 0 Å². The van der Waals surface area contributed by atoms with Crippen LogP contribution in [0.4, 0.5) is 0 Å². The molecule has 3 N–H and O–H groups in total. The highest BCUT2D eigenvalue weighted by molar-refractivity contribution is 5.85. The van der Waals surface area contributed by atoms with E-state index < -0.39 is 12.0 Å². The van der Waals surface area contributed by atoms with Gasteiger partial charge in [0.1, 0.15) is 6.04 Å². The van der Waals surface area contributed by atoms with Crippen LogP contribution in [-0.2, 0) is 9.59 Å². The summed E-state index contributed by atoms with van der Waals surface area (Å²) in [7, 11) is 0. The monoisotopic (exact) mass is 212 g/mol. The minimum Gasteiger partial charge on any atom is -0.480 e. The molecule has 84 valence electrons. The minimum absolute atomic E-state index is 0.0365. The number of hydrogen-bond acceptors (Lipinski definition) is 3. The van der Waals surface area contributed by atoms with Gasteiger partial charge in [0.05, 0.1) is 5.92 Å². The van der Waals surface area contributed by atoms with Crippen LogP contribution < -0.4 is 10.6 Å². The van der Waals surface area contributed by atoms with Crippen LogP contribution in [0.25, 0.3) is 0 Å². The standard InChI is InChI=1S/C10H16N2O3/c1-5(10(14)15)11-9(13)7-4-6-2-3-8(7)12-6/h5-8,12H,2-4H2,1H3,(H,11,13)(H,14,15)/t5-,6?,7?,8?/m0/s1. The maximum absolute atomic E-state index is 11.7. The number of fused-ring (bicyclic) bond motifs is 2. The van der Waals surface area contributed by atoms with Crippen LogP contribution in [-0.4, -0.2) is 35.1 Å². The van der Waals surface area contributed by atoms with E-state index in [0.717, 1.165) is 19.3 Å². The van der Waals surface area contributed by atoms with Crippen molar-refractivity contribution in [2.75, 3.05) is 0 Å². The van der Waals surface area contributed by atoms with E-state index in [4.69, 9.17) is 5.11 Å². The summed E-state index contributed by atoms with van der Waals surface area (Å²) in [5.41, 5.74) is 0. The summed E-state index contributed by atoms with van der Waals surface area (Å²) in [6, 6.07) is -0.0708. The number of amides is 1. The molecule has 0 aromatic heterocycles. The molecule has 0 spiro atoms.